The topological polar surface area (TPSA) is 56.8 Å². The monoisotopic (exact) mass is 337 g/mol. The highest BCUT2D eigenvalue weighted by atomic mass is 32.1. The van der Waals surface area contributed by atoms with Crippen molar-refractivity contribution in [2.24, 2.45) is 0 Å². The van der Waals surface area contributed by atoms with Gasteiger partial charge >= 0.3 is 0 Å². The van der Waals surface area contributed by atoms with Crippen molar-refractivity contribution in [3.05, 3.63) is 4.77 Å². The Labute approximate surface area is 145 Å². The summed E-state index contributed by atoms with van der Waals surface area (Å²) in [6.07, 6.45) is 11.1. The molecule has 0 aromatic carbocycles. The molecule has 0 bridgehead atoms. The highest BCUT2D eigenvalue weighted by molar-refractivity contribution is 7.71. The smallest absolute Gasteiger partial charge is 0.225 e. The second-order valence-electron chi connectivity index (χ2n) is 6.48. The van der Waals surface area contributed by atoms with Crippen molar-refractivity contribution in [1.29, 1.82) is 0 Å². The molecule has 0 spiro atoms. The number of nitrogens with one attached hydrogen (secondary N) is 2. The fourth-order valence-electron chi connectivity index (χ4n) is 3.05. The van der Waals surface area contributed by atoms with Crippen LogP contribution in [0.4, 0.5) is 11.9 Å². The summed E-state index contributed by atoms with van der Waals surface area (Å²) in [5, 5.41) is 3.53. The second kappa shape index (κ2) is 9.85. The molecule has 1 aliphatic carbocycles. The zero-order valence-electron chi connectivity index (χ0n) is 14.6. The average Bonchev–Trinajstić information content (AvgIpc) is 2.55. The quantitative estimate of drug-likeness (QED) is 0.640. The van der Waals surface area contributed by atoms with Gasteiger partial charge in [-0.2, -0.15) is 9.97 Å². The Kier molecular flexibility index (Phi) is 7.79. The van der Waals surface area contributed by atoms with Crippen molar-refractivity contribution in [3.8, 4) is 0 Å². The van der Waals surface area contributed by atoms with Gasteiger partial charge in [0, 0.05) is 19.1 Å². The summed E-state index contributed by atoms with van der Waals surface area (Å²) in [7, 11) is 0. The number of anilines is 2. The van der Waals surface area contributed by atoms with E-state index in [1.165, 1.54) is 57.8 Å². The predicted octanol–water partition coefficient (Wildman–Crippen LogP) is 4.69. The largest absolute Gasteiger partial charge is 0.353 e. The number of aromatic nitrogens is 3. The molecule has 1 heterocycles. The summed E-state index contributed by atoms with van der Waals surface area (Å²) in [5.41, 5.74) is 0. The number of nitrogens with zero attached hydrogens (tertiary/aromatic N) is 3. The Morgan fingerprint density at radius 2 is 1.74 bits per heavy atom. The van der Waals surface area contributed by atoms with Crippen LogP contribution in [0.1, 0.15) is 71.6 Å². The Bertz CT molecular complexity index is 502. The molecule has 130 valence electrons. The van der Waals surface area contributed by atoms with Gasteiger partial charge in [-0.3, -0.25) is 4.98 Å². The summed E-state index contributed by atoms with van der Waals surface area (Å²) in [5.74, 6) is 1.65. The number of unbranched alkanes of at least 4 members (excludes halogenated alkanes) is 2. The Morgan fingerprint density at radius 3 is 2.35 bits per heavy atom. The van der Waals surface area contributed by atoms with Gasteiger partial charge in [-0.25, -0.2) is 0 Å². The Balaban J connectivity index is 2.10. The minimum atomic E-state index is 0.426. The van der Waals surface area contributed by atoms with Crippen molar-refractivity contribution >= 4 is 24.1 Å². The first kappa shape index (κ1) is 18.2. The van der Waals surface area contributed by atoms with E-state index in [0.29, 0.717) is 10.8 Å². The molecular formula is C17H31N5S. The molecule has 0 saturated heterocycles. The van der Waals surface area contributed by atoms with Crippen LogP contribution in [0.25, 0.3) is 0 Å². The molecule has 2 N–H and O–H groups in total. The van der Waals surface area contributed by atoms with Crippen LogP contribution in [0.3, 0.4) is 0 Å². The second-order valence-corrected chi connectivity index (χ2v) is 6.84. The van der Waals surface area contributed by atoms with Crippen LogP contribution in [0.15, 0.2) is 0 Å². The van der Waals surface area contributed by atoms with Crippen molar-refractivity contribution in [2.45, 2.75) is 77.7 Å². The Morgan fingerprint density at radius 1 is 1.09 bits per heavy atom. The van der Waals surface area contributed by atoms with Crippen molar-refractivity contribution in [1.82, 2.24) is 15.0 Å². The summed E-state index contributed by atoms with van der Waals surface area (Å²) in [4.78, 5) is 14.5. The number of hydrogen-bond donors (Lipinski definition) is 2. The summed E-state index contributed by atoms with van der Waals surface area (Å²) in [6.45, 7) is 6.47. The van der Waals surface area contributed by atoms with Crippen molar-refractivity contribution in [3.63, 3.8) is 0 Å². The zero-order chi connectivity index (χ0) is 16.5. The third kappa shape index (κ3) is 6.09. The lowest BCUT2D eigenvalue weighted by atomic mass is 9.96. The summed E-state index contributed by atoms with van der Waals surface area (Å²) in [6, 6.07) is 0.511. The Hall–Kier alpha value is -1.17. The number of H-pyrrole nitrogens is 1. The highest BCUT2D eigenvalue weighted by Crippen LogP contribution is 2.21. The molecule has 0 aliphatic heterocycles. The van der Waals surface area contributed by atoms with E-state index < -0.39 is 0 Å². The van der Waals surface area contributed by atoms with Crippen LogP contribution in [-0.4, -0.2) is 34.1 Å². The average molecular weight is 338 g/mol. The molecule has 0 amide bonds. The van der Waals surface area contributed by atoms with Crippen LogP contribution in [0, 0.1) is 4.77 Å². The molecule has 1 fully saturated rings. The van der Waals surface area contributed by atoms with Gasteiger partial charge in [-0.05, 0) is 37.9 Å². The minimum absolute atomic E-state index is 0.426. The van der Waals surface area contributed by atoms with Crippen LogP contribution in [0.5, 0.6) is 0 Å². The van der Waals surface area contributed by atoms with Crippen molar-refractivity contribution in [2.75, 3.05) is 23.3 Å². The normalized spacial score (nSPS) is 15.6. The van der Waals surface area contributed by atoms with Crippen LogP contribution in [0.2, 0.25) is 0 Å². The maximum atomic E-state index is 5.29. The van der Waals surface area contributed by atoms with E-state index in [1.54, 1.807) is 0 Å². The van der Waals surface area contributed by atoms with Gasteiger partial charge in [-0.15, -0.1) is 0 Å². The lowest BCUT2D eigenvalue weighted by Gasteiger charge is -2.25. The molecular weight excluding hydrogens is 306 g/mol. The van der Waals surface area contributed by atoms with Gasteiger partial charge in [0.25, 0.3) is 0 Å². The first-order valence-electron chi connectivity index (χ1n) is 9.22. The molecule has 6 heteroatoms. The van der Waals surface area contributed by atoms with Gasteiger partial charge in [0.1, 0.15) is 0 Å². The molecule has 0 atom stereocenters. The van der Waals surface area contributed by atoms with Gasteiger partial charge in [-0.1, -0.05) is 46.0 Å². The zero-order valence-corrected chi connectivity index (χ0v) is 15.4. The van der Waals surface area contributed by atoms with E-state index in [4.69, 9.17) is 12.2 Å². The molecule has 0 unspecified atom stereocenters. The van der Waals surface area contributed by atoms with Crippen LogP contribution >= 0.6 is 12.2 Å². The molecule has 5 nitrogen and oxygen atoms in total. The SMILES string of the molecule is CCCCN(CCCC)c1nc(=S)nc(NC2CCCCC2)[nH]1. The molecule has 1 aliphatic rings. The van der Waals surface area contributed by atoms with E-state index in [1.807, 2.05) is 0 Å². The molecule has 1 aromatic rings. The van der Waals surface area contributed by atoms with E-state index in [9.17, 15) is 0 Å². The van der Waals surface area contributed by atoms with Gasteiger partial charge in [0.15, 0.2) is 0 Å². The molecule has 2 rings (SSSR count). The number of hydrogen-bond acceptors (Lipinski definition) is 5. The van der Waals surface area contributed by atoms with Crippen LogP contribution < -0.4 is 10.2 Å². The standard InChI is InChI=1S/C17H31N5S/c1-3-5-12-22(13-6-4-2)16-19-15(20-17(23)21-16)18-14-10-8-7-9-11-14/h14H,3-13H2,1-2H3,(H2,18,19,20,21,23). The molecule has 0 radical (unpaired) electrons. The molecule has 23 heavy (non-hydrogen) atoms. The van der Waals surface area contributed by atoms with E-state index >= 15 is 0 Å². The maximum Gasteiger partial charge on any atom is 0.225 e. The lowest BCUT2D eigenvalue weighted by molar-refractivity contribution is 0.460. The lowest BCUT2D eigenvalue weighted by Crippen LogP contribution is -2.29. The highest BCUT2D eigenvalue weighted by Gasteiger charge is 2.15. The van der Waals surface area contributed by atoms with Gasteiger partial charge in [0.2, 0.25) is 16.7 Å². The third-order valence-electron chi connectivity index (χ3n) is 4.45. The maximum absolute atomic E-state index is 5.29. The fraction of sp³-hybridized carbons (Fsp3) is 0.824. The van der Waals surface area contributed by atoms with E-state index in [-0.39, 0.29) is 0 Å². The summed E-state index contributed by atoms with van der Waals surface area (Å²) < 4.78 is 0.426. The minimum Gasteiger partial charge on any atom is -0.353 e. The number of rotatable bonds is 9. The van der Waals surface area contributed by atoms with Gasteiger partial charge in [0.05, 0.1) is 0 Å². The molecule has 1 saturated carbocycles. The van der Waals surface area contributed by atoms with E-state index in [0.717, 1.165) is 25.0 Å². The summed E-state index contributed by atoms with van der Waals surface area (Å²) >= 11 is 5.29. The first-order chi connectivity index (χ1) is 11.2. The molecule has 1 aromatic heterocycles. The van der Waals surface area contributed by atoms with Gasteiger partial charge < -0.3 is 10.2 Å². The first-order valence-corrected chi connectivity index (χ1v) is 9.63. The van der Waals surface area contributed by atoms with Crippen molar-refractivity contribution < 1.29 is 0 Å². The predicted molar refractivity (Wildman–Crippen MR) is 99.7 cm³/mol. The fourth-order valence-corrected chi connectivity index (χ4v) is 3.23. The van der Waals surface area contributed by atoms with Crippen LogP contribution in [-0.2, 0) is 0 Å². The third-order valence-corrected chi connectivity index (χ3v) is 4.63. The van der Waals surface area contributed by atoms with E-state index in [2.05, 4.69) is 39.0 Å². The number of aromatic amines is 1.